The molecule has 0 aliphatic heterocycles. The van der Waals surface area contributed by atoms with Crippen LogP contribution in [-0.2, 0) is 5.41 Å². The number of aromatic nitrogens is 1. The first-order chi connectivity index (χ1) is 31.3. The van der Waals surface area contributed by atoms with Crippen molar-refractivity contribution in [1.29, 1.82) is 0 Å². The Labute approximate surface area is 367 Å². The van der Waals surface area contributed by atoms with E-state index in [1.54, 1.807) is 0 Å². The summed E-state index contributed by atoms with van der Waals surface area (Å²) in [7, 11) is 0. The van der Waals surface area contributed by atoms with Crippen LogP contribution in [0.4, 0.5) is 17.1 Å². The van der Waals surface area contributed by atoms with Crippen molar-refractivity contribution in [2.45, 2.75) is 5.41 Å². The van der Waals surface area contributed by atoms with E-state index in [1.165, 1.54) is 83.1 Å². The summed E-state index contributed by atoms with van der Waals surface area (Å²) in [6.45, 7) is 0. The Morgan fingerprint density at radius 3 is 1.35 bits per heavy atom. The van der Waals surface area contributed by atoms with Crippen LogP contribution in [0.15, 0.2) is 243 Å². The van der Waals surface area contributed by atoms with Gasteiger partial charge >= 0.3 is 0 Å². The summed E-state index contributed by atoms with van der Waals surface area (Å²) >= 11 is 0. The molecule has 11 aromatic rings. The van der Waals surface area contributed by atoms with Gasteiger partial charge in [-0.25, -0.2) is 0 Å². The lowest BCUT2D eigenvalue weighted by Gasteiger charge is -2.32. The van der Waals surface area contributed by atoms with Gasteiger partial charge in [0.15, 0.2) is 0 Å². The largest absolute Gasteiger partial charge is 0.310 e. The van der Waals surface area contributed by atoms with Crippen molar-refractivity contribution in [3.05, 3.63) is 265 Å². The molecule has 1 heterocycles. The van der Waals surface area contributed by atoms with Crippen molar-refractivity contribution in [3.8, 4) is 50.2 Å². The van der Waals surface area contributed by atoms with E-state index < -0.39 is 5.41 Å². The summed E-state index contributed by atoms with van der Waals surface area (Å²) in [5.41, 5.74) is 21.5. The quantitative estimate of drug-likeness (QED) is 0.163. The van der Waals surface area contributed by atoms with Gasteiger partial charge in [0.05, 0.1) is 16.4 Å². The molecule has 63 heavy (non-hydrogen) atoms. The minimum atomic E-state index is -0.467. The van der Waals surface area contributed by atoms with Crippen LogP contribution in [0.5, 0.6) is 0 Å². The molecule has 0 saturated heterocycles. The molecule has 1 spiro atoms. The van der Waals surface area contributed by atoms with Crippen LogP contribution in [0.2, 0.25) is 0 Å². The van der Waals surface area contributed by atoms with Gasteiger partial charge in [0.1, 0.15) is 0 Å². The maximum absolute atomic E-state index is 2.50. The predicted octanol–water partition coefficient (Wildman–Crippen LogP) is 15.9. The third kappa shape index (κ3) is 5.25. The normalized spacial score (nSPS) is 12.9. The van der Waals surface area contributed by atoms with Crippen molar-refractivity contribution in [2.75, 3.05) is 4.90 Å². The van der Waals surface area contributed by atoms with Crippen molar-refractivity contribution in [3.63, 3.8) is 0 Å². The molecule has 2 aliphatic rings. The SMILES string of the molecule is c1ccc(-c2cc(-c3ccccc3)cc(N(c3ccc4c(c3)C3(c5ccccc5-c5ccccc53)c3ccccc3-4)c3ccc4c5ccccc5n(-c5ccccc5)c4c3)c2)cc1. The summed E-state index contributed by atoms with van der Waals surface area (Å²) in [5, 5.41) is 2.46. The van der Waals surface area contributed by atoms with Gasteiger partial charge in [-0.3, -0.25) is 0 Å². The zero-order valence-corrected chi connectivity index (χ0v) is 34.5. The van der Waals surface area contributed by atoms with Crippen LogP contribution in [0.3, 0.4) is 0 Å². The molecule has 2 heteroatoms. The number of para-hydroxylation sites is 2. The number of anilines is 3. The van der Waals surface area contributed by atoms with Crippen molar-refractivity contribution in [1.82, 2.24) is 4.57 Å². The summed E-state index contributed by atoms with van der Waals surface area (Å²) in [4.78, 5) is 2.50. The number of benzene rings is 10. The molecule has 13 rings (SSSR count). The number of hydrogen-bond donors (Lipinski definition) is 0. The van der Waals surface area contributed by atoms with Crippen LogP contribution in [-0.4, -0.2) is 4.57 Å². The Kier molecular flexibility index (Phi) is 7.85. The summed E-state index contributed by atoms with van der Waals surface area (Å²) in [5.74, 6) is 0. The van der Waals surface area contributed by atoms with Crippen molar-refractivity contribution < 1.29 is 0 Å². The van der Waals surface area contributed by atoms with E-state index in [1.807, 2.05) is 0 Å². The van der Waals surface area contributed by atoms with Gasteiger partial charge in [0.25, 0.3) is 0 Å². The van der Waals surface area contributed by atoms with Crippen LogP contribution >= 0.6 is 0 Å². The molecule has 10 aromatic carbocycles. The third-order valence-corrected chi connectivity index (χ3v) is 13.6. The molecular formula is C61H40N2. The van der Waals surface area contributed by atoms with Crippen LogP contribution in [0.1, 0.15) is 22.3 Å². The van der Waals surface area contributed by atoms with Crippen molar-refractivity contribution >= 4 is 38.9 Å². The molecule has 0 N–H and O–H groups in total. The summed E-state index contributed by atoms with van der Waals surface area (Å²) in [6.07, 6.45) is 0. The fourth-order valence-corrected chi connectivity index (χ4v) is 11.0. The van der Waals surface area contributed by atoms with E-state index in [4.69, 9.17) is 0 Å². The highest BCUT2D eigenvalue weighted by Gasteiger charge is 2.51. The molecule has 0 radical (unpaired) electrons. The molecule has 0 unspecified atom stereocenters. The predicted molar refractivity (Wildman–Crippen MR) is 263 cm³/mol. The lowest BCUT2D eigenvalue weighted by Crippen LogP contribution is -2.26. The number of hydrogen-bond acceptors (Lipinski definition) is 1. The average Bonchev–Trinajstić information content (AvgIpc) is 3.96. The highest BCUT2D eigenvalue weighted by Crippen LogP contribution is 2.63. The fraction of sp³-hybridized carbons (Fsp3) is 0.0164. The highest BCUT2D eigenvalue weighted by atomic mass is 15.1. The Morgan fingerprint density at radius 1 is 0.286 bits per heavy atom. The maximum Gasteiger partial charge on any atom is 0.0726 e. The van der Waals surface area contributed by atoms with E-state index in [-0.39, 0.29) is 0 Å². The maximum atomic E-state index is 2.50. The second-order valence-electron chi connectivity index (χ2n) is 16.8. The monoisotopic (exact) mass is 800 g/mol. The Balaban J connectivity index is 1.12. The molecule has 1 aromatic heterocycles. The number of rotatable bonds is 6. The van der Waals surface area contributed by atoms with E-state index in [0.29, 0.717) is 0 Å². The first-order valence-electron chi connectivity index (χ1n) is 21.8. The molecule has 0 saturated carbocycles. The van der Waals surface area contributed by atoms with E-state index in [2.05, 4.69) is 252 Å². The lowest BCUT2D eigenvalue weighted by atomic mass is 9.70. The minimum absolute atomic E-state index is 0.467. The molecule has 0 fully saturated rings. The number of nitrogens with zero attached hydrogens (tertiary/aromatic N) is 2. The van der Waals surface area contributed by atoms with Gasteiger partial charge in [-0.05, 0) is 127 Å². The summed E-state index contributed by atoms with van der Waals surface area (Å²) in [6, 6.07) is 89.7. The van der Waals surface area contributed by atoms with Gasteiger partial charge < -0.3 is 9.47 Å². The molecule has 0 bridgehead atoms. The van der Waals surface area contributed by atoms with Crippen LogP contribution in [0, 0.1) is 0 Å². The molecule has 294 valence electrons. The zero-order chi connectivity index (χ0) is 41.5. The Bertz CT molecular complexity index is 3440. The lowest BCUT2D eigenvalue weighted by molar-refractivity contribution is 0.793. The molecular weight excluding hydrogens is 761 g/mol. The van der Waals surface area contributed by atoms with Crippen molar-refractivity contribution in [2.24, 2.45) is 0 Å². The minimum Gasteiger partial charge on any atom is -0.310 e. The van der Waals surface area contributed by atoms with Gasteiger partial charge in [-0.15, -0.1) is 0 Å². The first-order valence-corrected chi connectivity index (χ1v) is 21.8. The van der Waals surface area contributed by atoms with Crippen LogP contribution in [0.25, 0.3) is 72.0 Å². The van der Waals surface area contributed by atoms with Gasteiger partial charge in [-0.1, -0.05) is 182 Å². The van der Waals surface area contributed by atoms with Gasteiger partial charge in [-0.2, -0.15) is 0 Å². The Morgan fingerprint density at radius 2 is 0.746 bits per heavy atom. The number of fused-ring (bicyclic) bond motifs is 13. The Hall–Kier alpha value is -8.20. The van der Waals surface area contributed by atoms with Crippen LogP contribution < -0.4 is 4.90 Å². The standard InChI is InChI=1S/C61H40N2/c1-4-18-41(19-5-1)43-36-44(42-20-6-2-7-21-42)38-48(37-43)62(47-33-35-54-53-27-13-17-31-59(53)63(60(54)40-47)45-22-8-3-9-23-45)46-32-34-52-51-26-12-16-30-57(51)61(58(52)39-46)55-28-14-10-24-49(55)50-25-11-15-29-56(50)61/h1-40H. The topological polar surface area (TPSA) is 8.17 Å². The second-order valence-corrected chi connectivity index (χ2v) is 16.8. The molecule has 0 amide bonds. The molecule has 2 aliphatic carbocycles. The highest BCUT2D eigenvalue weighted by molar-refractivity contribution is 6.10. The fourth-order valence-electron chi connectivity index (χ4n) is 11.0. The molecule has 2 nitrogen and oxygen atoms in total. The third-order valence-electron chi connectivity index (χ3n) is 13.6. The van der Waals surface area contributed by atoms with E-state index in [0.717, 1.165) is 28.3 Å². The van der Waals surface area contributed by atoms with E-state index >= 15 is 0 Å². The molecule has 0 atom stereocenters. The second kappa shape index (κ2) is 13.9. The van der Waals surface area contributed by atoms with Gasteiger partial charge in [0.2, 0.25) is 0 Å². The van der Waals surface area contributed by atoms with Gasteiger partial charge in [0, 0.05) is 33.5 Å². The first kappa shape index (κ1) is 35.5. The smallest absolute Gasteiger partial charge is 0.0726 e. The van der Waals surface area contributed by atoms with E-state index in [9.17, 15) is 0 Å². The average molecular weight is 801 g/mol. The zero-order valence-electron chi connectivity index (χ0n) is 34.5. The summed E-state index contributed by atoms with van der Waals surface area (Å²) < 4.78 is 2.42.